The minimum absolute atomic E-state index is 0.146. The first-order chi connectivity index (χ1) is 9.09. The topological polar surface area (TPSA) is 41.6 Å². The highest BCUT2D eigenvalue weighted by atomic mass is 16.5. The van der Waals surface area contributed by atoms with Gasteiger partial charge in [-0.05, 0) is 61.4 Å². The monoisotopic (exact) mass is 286 g/mol. The van der Waals surface area contributed by atoms with Crippen molar-refractivity contribution >= 4 is 5.97 Å². The molecule has 120 valence electrons. The van der Waals surface area contributed by atoms with Crippen molar-refractivity contribution in [2.75, 3.05) is 20.2 Å². The summed E-state index contributed by atoms with van der Waals surface area (Å²) >= 11 is 0. The Morgan fingerprint density at radius 3 is 2.20 bits per heavy atom. The van der Waals surface area contributed by atoms with Crippen LogP contribution in [0.1, 0.15) is 61.3 Å². The van der Waals surface area contributed by atoms with Gasteiger partial charge >= 0.3 is 5.97 Å². The molecule has 1 N–H and O–H groups in total. The van der Waals surface area contributed by atoms with Gasteiger partial charge in [-0.2, -0.15) is 0 Å². The molecule has 1 atom stereocenters. The van der Waals surface area contributed by atoms with Gasteiger partial charge in [-0.3, -0.25) is 10.1 Å². The summed E-state index contributed by atoms with van der Waals surface area (Å²) in [4.78, 5) is 14.5. The van der Waals surface area contributed by atoms with Gasteiger partial charge in [-0.1, -0.05) is 6.92 Å². The van der Waals surface area contributed by atoms with Gasteiger partial charge in [0, 0.05) is 18.1 Å². The average molecular weight is 286 g/mol. The Morgan fingerprint density at radius 2 is 1.80 bits per heavy atom. The molecule has 0 saturated heterocycles. The van der Waals surface area contributed by atoms with Crippen LogP contribution < -0.4 is 5.32 Å². The molecule has 0 saturated carbocycles. The maximum absolute atomic E-state index is 12.2. The summed E-state index contributed by atoms with van der Waals surface area (Å²) in [6.45, 7) is 15.8. The van der Waals surface area contributed by atoms with Crippen LogP contribution in [0, 0.1) is 0 Å². The smallest absolute Gasteiger partial charge is 0.326 e. The van der Waals surface area contributed by atoms with Crippen LogP contribution in [0.15, 0.2) is 0 Å². The summed E-state index contributed by atoms with van der Waals surface area (Å²) < 4.78 is 5.23. The largest absolute Gasteiger partial charge is 0.465 e. The molecule has 0 bridgehead atoms. The Labute approximate surface area is 125 Å². The van der Waals surface area contributed by atoms with E-state index in [1.807, 2.05) is 13.8 Å². The lowest BCUT2D eigenvalue weighted by atomic mass is 9.94. The molecular formula is C16H34N2O2. The second-order valence-corrected chi connectivity index (χ2v) is 6.69. The van der Waals surface area contributed by atoms with Crippen LogP contribution in [0.4, 0.5) is 0 Å². The summed E-state index contributed by atoms with van der Waals surface area (Å²) in [5.74, 6) is -0.156. The molecule has 0 aliphatic rings. The van der Waals surface area contributed by atoms with Crippen LogP contribution in [0.5, 0.6) is 0 Å². The van der Waals surface area contributed by atoms with Gasteiger partial charge in [0.05, 0.1) is 6.61 Å². The fraction of sp³-hybridized carbons (Fsp3) is 0.938. The molecule has 4 nitrogen and oxygen atoms in total. The SMILES string of the molecule is CCOC(=O)C(C)(CCN(C)C(C)(C)CC)NC(C)C. The Kier molecular flexibility index (Phi) is 7.74. The van der Waals surface area contributed by atoms with E-state index in [0.29, 0.717) is 6.61 Å². The van der Waals surface area contributed by atoms with Crippen molar-refractivity contribution in [1.82, 2.24) is 10.2 Å². The van der Waals surface area contributed by atoms with Gasteiger partial charge < -0.3 is 9.64 Å². The molecule has 0 aromatic rings. The molecule has 20 heavy (non-hydrogen) atoms. The molecule has 0 amide bonds. The van der Waals surface area contributed by atoms with E-state index in [1.165, 1.54) is 0 Å². The number of esters is 1. The predicted molar refractivity (Wildman–Crippen MR) is 84.9 cm³/mol. The zero-order valence-corrected chi connectivity index (χ0v) is 14.7. The van der Waals surface area contributed by atoms with Crippen LogP contribution in [0.3, 0.4) is 0 Å². The van der Waals surface area contributed by atoms with Crippen LogP contribution in [0.25, 0.3) is 0 Å². The molecule has 0 rings (SSSR count). The molecule has 0 radical (unpaired) electrons. The van der Waals surface area contributed by atoms with Crippen molar-refractivity contribution in [2.24, 2.45) is 0 Å². The second-order valence-electron chi connectivity index (χ2n) is 6.69. The number of hydrogen-bond donors (Lipinski definition) is 1. The predicted octanol–water partition coefficient (Wildman–Crippen LogP) is 2.82. The van der Waals surface area contributed by atoms with E-state index >= 15 is 0 Å². The van der Waals surface area contributed by atoms with E-state index in [2.05, 4.69) is 51.9 Å². The van der Waals surface area contributed by atoms with E-state index in [1.54, 1.807) is 0 Å². The summed E-state index contributed by atoms with van der Waals surface area (Å²) in [6.07, 6.45) is 1.82. The summed E-state index contributed by atoms with van der Waals surface area (Å²) in [5.41, 5.74) is -0.477. The van der Waals surface area contributed by atoms with Crippen LogP contribution in [-0.2, 0) is 9.53 Å². The lowest BCUT2D eigenvalue weighted by Crippen LogP contribution is -2.55. The van der Waals surface area contributed by atoms with Gasteiger partial charge in [-0.25, -0.2) is 0 Å². The molecule has 0 spiro atoms. The zero-order valence-electron chi connectivity index (χ0n) is 14.7. The van der Waals surface area contributed by atoms with Gasteiger partial charge in [0.15, 0.2) is 0 Å². The third-order valence-electron chi connectivity index (χ3n) is 4.18. The number of nitrogens with one attached hydrogen (secondary N) is 1. The molecular weight excluding hydrogens is 252 g/mol. The van der Waals surface area contributed by atoms with E-state index in [0.717, 1.165) is 19.4 Å². The van der Waals surface area contributed by atoms with Crippen LogP contribution >= 0.6 is 0 Å². The van der Waals surface area contributed by atoms with E-state index in [-0.39, 0.29) is 17.6 Å². The highest BCUT2D eigenvalue weighted by molar-refractivity contribution is 5.80. The number of nitrogens with zero attached hydrogens (tertiary/aromatic N) is 1. The quantitative estimate of drug-likeness (QED) is 0.662. The minimum Gasteiger partial charge on any atom is -0.465 e. The highest BCUT2D eigenvalue weighted by Gasteiger charge is 2.36. The molecule has 0 fully saturated rings. The standard InChI is InChI=1S/C16H34N2O2/c1-9-15(5,6)18(8)12-11-16(7,17-13(3)4)14(19)20-10-2/h13,17H,9-12H2,1-8H3. The molecule has 0 aromatic carbocycles. The molecule has 0 heterocycles. The molecule has 0 aliphatic heterocycles. The Morgan fingerprint density at radius 1 is 1.25 bits per heavy atom. The van der Waals surface area contributed by atoms with Crippen molar-refractivity contribution in [3.05, 3.63) is 0 Å². The van der Waals surface area contributed by atoms with Crippen molar-refractivity contribution in [3.8, 4) is 0 Å². The summed E-state index contributed by atoms with van der Waals surface area (Å²) in [7, 11) is 2.12. The van der Waals surface area contributed by atoms with E-state index in [9.17, 15) is 4.79 Å². The molecule has 0 aromatic heterocycles. The first-order valence-corrected chi connectivity index (χ1v) is 7.75. The number of ether oxygens (including phenoxy) is 1. The maximum atomic E-state index is 12.2. The van der Waals surface area contributed by atoms with Gasteiger partial charge in [0.2, 0.25) is 0 Å². The lowest BCUT2D eigenvalue weighted by molar-refractivity contribution is -0.151. The molecule has 1 unspecified atom stereocenters. The summed E-state index contributed by atoms with van der Waals surface area (Å²) in [5, 5.41) is 3.36. The third-order valence-corrected chi connectivity index (χ3v) is 4.18. The van der Waals surface area contributed by atoms with Crippen molar-refractivity contribution < 1.29 is 9.53 Å². The van der Waals surface area contributed by atoms with Crippen molar-refractivity contribution in [3.63, 3.8) is 0 Å². The van der Waals surface area contributed by atoms with Crippen LogP contribution in [0.2, 0.25) is 0 Å². The summed E-state index contributed by atoms with van der Waals surface area (Å²) in [6, 6.07) is 0.244. The van der Waals surface area contributed by atoms with E-state index in [4.69, 9.17) is 4.74 Å². The fourth-order valence-corrected chi connectivity index (χ4v) is 2.12. The molecule has 0 aliphatic carbocycles. The number of carbonyl (C=O) groups is 1. The first kappa shape index (κ1) is 19.4. The zero-order chi connectivity index (χ0) is 16.0. The average Bonchev–Trinajstić information content (AvgIpc) is 2.35. The van der Waals surface area contributed by atoms with Crippen LogP contribution in [-0.4, -0.2) is 48.2 Å². The van der Waals surface area contributed by atoms with E-state index < -0.39 is 5.54 Å². The first-order valence-electron chi connectivity index (χ1n) is 7.75. The maximum Gasteiger partial charge on any atom is 0.326 e. The number of carbonyl (C=O) groups excluding carboxylic acids is 1. The Bertz CT molecular complexity index is 303. The van der Waals surface area contributed by atoms with Gasteiger partial charge in [-0.15, -0.1) is 0 Å². The lowest BCUT2D eigenvalue weighted by Gasteiger charge is -2.38. The number of rotatable bonds is 9. The second kappa shape index (κ2) is 7.99. The molecule has 4 heteroatoms. The Balaban J connectivity index is 4.78. The normalized spacial score (nSPS) is 15.5. The highest BCUT2D eigenvalue weighted by Crippen LogP contribution is 2.20. The fourth-order valence-electron chi connectivity index (χ4n) is 2.12. The third kappa shape index (κ3) is 5.80. The minimum atomic E-state index is -0.623. The van der Waals surface area contributed by atoms with Gasteiger partial charge in [0.1, 0.15) is 5.54 Å². The van der Waals surface area contributed by atoms with Crippen molar-refractivity contribution in [2.45, 2.75) is 78.4 Å². The number of hydrogen-bond acceptors (Lipinski definition) is 4. The van der Waals surface area contributed by atoms with Crippen molar-refractivity contribution in [1.29, 1.82) is 0 Å². The van der Waals surface area contributed by atoms with Gasteiger partial charge in [0.25, 0.3) is 0 Å². The Hall–Kier alpha value is -0.610.